The average Bonchev–Trinajstić information content (AvgIpc) is 2.57. The summed E-state index contributed by atoms with van der Waals surface area (Å²) >= 11 is 0. The van der Waals surface area contributed by atoms with Gasteiger partial charge in [0.15, 0.2) is 0 Å². The highest BCUT2D eigenvalue weighted by atomic mass is 19.1. The summed E-state index contributed by atoms with van der Waals surface area (Å²) in [6.07, 6.45) is 1.42. The zero-order valence-electron chi connectivity index (χ0n) is 12.5. The molecule has 24 heavy (non-hydrogen) atoms. The number of carbonyl (C=O) groups excluding carboxylic acids is 1. The van der Waals surface area contributed by atoms with E-state index in [-0.39, 0.29) is 17.6 Å². The largest absolute Gasteiger partial charge is 0.368 e. The first-order chi connectivity index (χ1) is 11.5. The smallest absolute Gasteiger partial charge is 0.333 e. The summed E-state index contributed by atoms with van der Waals surface area (Å²) in [5.41, 5.74) is 4.62. The van der Waals surface area contributed by atoms with Gasteiger partial charge in [0, 0.05) is 6.20 Å². The molecule has 0 aliphatic heterocycles. The summed E-state index contributed by atoms with van der Waals surface area (Å²) in [6, 6.07) is 8.52. The number of halogens is 1. The molecule has 0 unspecified atom stereocenters. The summed E-state index contributed by atoms with van der Waals surface area (Å²) in [7, 11) is 0. The molecule has 1 amide bonds. The number of nitrogens with two attached hydrogens (primary N) is 1. The van der Waals surface area contributed by atoms with E-state index in [4.69, 9.17) is 5.73 Å². The summed E-state index contributed by atoms with van der Waals surface area (Å²) in [5.74, 6) is -1.14. The first-order valence-corrected chi connectivity index (χ1v) is 7.08. The van der Waals surface area contributed by atoms with Gasteiger partial charge in [-0.1, -0.05) is 12.1 Å². The third-order valence-electron chi connectivity index (χ3n) is 3.55. The predicted octanol–water partition coefficient (Wildman–Crippen LogP) is 0.231. The minimum Gasteiger partial charge on any atom is -0.368 e. The molecule has 122 valence electrons. The second kappa shape index (κ2) is 6.07. The summed E-state index contributed by atoms with van der Waals surface area (Å²) in [4.78, 5) is 40.5. The number of hydrogen-bond acceptors (Lipinski definition) is 4. The van der Waals surface area contributed by atoms with Crippen LogP contribution in [0.25, 0.3) is 11.0 Å². The molecule has 0 saturated heterocycles. The van der Waals surface area contributed by atoms with Crippen LogP contribution in [0.15, 0.2) is 52.2 Å². The normalized spacial score (nSPS) is 10.9. The highest BCUT2D eigenvalue weighted by Gasteiger charge is 2.15. The van der Waals surface area contributed by atoms with Crippen LogP contribution in [0.5, 0.6) is 0 Å². The number of fused-ring (bicyclic) bond motifs is 1. The average molecular weight is 328 g/mol. The van der Waals surface area contributed by atoms with Crippen LogP contribution in [-0.4, -0.2) is 20.0 Å². The highest BCUT2D eigenvalue weighted by Crippen LogP contribution is 2.06. The van der Waals surface area contributed by atoms with Gasteiger partial charge in [-0.15, -0.1) is 0 Å². The van der Waals surface area contributed by atoms with Crippen molar-refractivity contribution in [3.05, 3.63) is 74.8 Å². The molecule has 8 heteroatoms. The number of amides is 1. The molecule has 0 fully saturated rings. The topological polar surface area (TPSA) is 100.0 Å². The quantitative estimate of drug-likeness (QED) is 0.741. The van der Waals surface area contributed by atoms with Gasteiger partial charge in [0.05, 0.1) is 11.9 Å². The van der Waals surface area contributed by atoms with Crippen LogP contribution in [0.3, 0.4) is 0 Å². The Balaban J connectivity index is 2.23. The summed E-state index contributed by atoms with van der Waals surface area (Å²) in [5, 5.41) is 0.195. The van der Waals surface area contributed by atoms with E-state index in [1.807, 2.05) is 0 Å². The Morgan fingerprint density at radius 2 is 1.83 bits per heavy atom. The van der Waals surface area contributed by atoms with Gasteiger partial charge >= 0.3 is 5.69 Å². The number of benzene rings is 1. The van der Waals surface area contributed by atoms with Crippen molar-refractivity contribution in [1.29, 1.82) is 0 Å². The molecule has 3 rings (SSSR count). The van der Waals surface area contributed by atoms with Crippen LogP contribution in [0, 0.1) is 5.82 Å². The van der Waals surface area contributed by atoms with Crippen LogP contribution in [0.4, 0.5) is 4.39 Å². The van der Waals surface area contributed by atoms with Gasteiger partial charge in [-0.25, -0.2) is 14.2 Å². The molecule has 0 spiro atoms. The molecular formula is C16H13FN4O3. The molecule has 7 nitrogen and oxygen atoms in total. The second-order valence-electron chi connectivity index (χ2n) is 5.23. The standard InChI is InChI=1S/C16H13FN4O3/c17-11-5-3-10(4-6-11)8-21-15(23)12-2-1-7-19-14(12)20(16(21)24)9-13(18)22/h1-7H,8-9H2,(H2,18,22). The van der Waals surface area contributed by atoms with Crippen molar-refractivity contribution in [2.75, 3.05) is 0 Å². The Kier molecular flexibility index (Phi) is 3.95. The van der Waals surface area contributed by atoms with E-state index < -0.39 is 29.5 Å². The number of carbonyl (C=O) groups is 1. The van der Waals surface area contributed by atoms with Crippen LogP contribution >= 0.6 is 0 Å². The number of rotatable bonds is 4. The van der Waals surface area contributed by atoms with Crippen molar-refractivity contribution in [3.63, 3.8) is 0 Å². The zero-order chi connectivity index (χ0) is 17.3. The molecule has 0 bridgehead atoms. The fraction of sp³-hybridized carbons (Fsp3) is 0.125. The van der Waals surface area contributed by atoms with Gasteiger partial charge in [0.1, 0.15) is 18.0 Å². The number of primary amides is 1. The molecule has 0 radical (unpaired) electrons. The van der Waals surface area contributed by atoms with Gasteiger partial charge in [-0.3, -0.25) is 18.7 Å². The first-order valence-electron chi connectivity index (χ1n) is 7.08. The zero-order valence-corrected chi connectivity index (χ0v) is 12.5. The maximum atomic E-state index is 13.0. The maximum absolute atomic E-state index is 13.0. The minimum atomic E-state index is -0.726. The lowest BCUT2D eigenvalue weighted by atomic mass is 10.2. The van der Waals surface area contributed by atoms with E-state index in [1.165, 1.54) is 36.5 Å². The van der Waals surface area contributed by atoms with E-state index >= 15 is 0 Å². The van der Waals surface area contributed by atoms with E-state index in [2.05, 4.69) is 4.98 Å². The van der Waals surface area contributed by atoms with Gasteiger partial charge in [0.25, 0.3) is 5.56 Å². The lowest BCUT2D eigenvalue weighted by Gasteiger charge is -2.12. The molecule has 2 aromatic heterocycles. The Hall–Kier alpha value is -3.29. The Bertz CT molecular complexity index is 1040. The van der Waals surface area contributed by atoms with Crippen LogP contribution in [0.1, 0.15) is 5.56 Å². The molecule has 0 saturated carbocycles. The maximum Gasteiger partial charge on any atom is 0.333 e. The van der Waals surface area contributed by atoms with Crippen molar-refractivity contribution < 1.29 is 9.18 Å². The molecule has 0 aliphatic carbocycles. The van der Waals surface area contributed by atoms with Crippen LogP contribution in [0.2, 0.25) is 0 Å². The number of nitrogens with zero attached hydrogens (tertiary/aromatic N) is 3. The molecule has 0 atom stereocenters. The summed E-state index contributed by atoms with van der Waals surface area (Å²) < 4.78 is 15.0. The van der Waals surface area contributed by atoms with Gasteiger partial charge in [-0.05, 0) is 29.8 Å². The van der Waals surface area contributed by atoms with E-state index in [1.54, 1.807) is 6.07 Å². The van der Waals surface area contributed by atoms with Gasteiger partial charge in [-0.2, -0.15) is 0 Å². The molecule has 2 heterocycles. The fourth-order valence-corrected chi connectivity index (χ4v) is 2.46. The van der Waals surface area contributed by atoms with E-state index in [0.29, 0.717) is 5.56 Å². The molecule has 0 aliphatic rings. The van der Waals surface area contributed by atoms with Crippen molar-refractivity contribution >= 4 is 16.9 Å². The molecular weight excluding hydrogens is 315 g/mol. The number of pyridine rings is 1. The molecule has 2 N–H and O–H groups in total. The fourth-order valence-electron chi connectivity index (χ4n) is 2.46. The Labute approximate surface area is 134 Å². The second-order valence-corrected chi connectivity index (χ2v) is 5.23. The third kappa shape index (κ3) is 2.81. The van der Waals surface area contributed by atoms with Crippen molar-refractivity contribution in [3.8, 4) is 0 Å². The van der Waals surface area contributed by atoms with Gasteiger partial charge < -0.3 is 5.73 Å². The lowest BCUT2D eigenvalue weighted by molar-refractivity contribution is -0.118. The number of hydrogen-bond donors (Lipinski definition) is 1. The van der Waals surface area contributed by atoms with Gasteiger partial charge in [0.2, 0.25) is 5.91 Å². The van der Waals surface area contributed by atoms with Crippen LogP contribution < -0.4 is 17.0 Å². The third-order valence-corrected chi connectivity index (χ3v) is 3.55. The van der Waals surface area contributed by atoms with Crippen molar-refractivity contribution in [1.82, 2.24) is 14.1 Å². The van der Waals surface area contributed by atoms with Crippen LogP contribution in [-0.2, 0) is 17.9 Å². The van der Waals surface area contributed by atoms with E-state index in [0.717, 1.165) is 9.13 Å². The Morgan fingerprint density at radius 3 is 2.50 bits per heavy atom. The first kappa shape index (κ1) is 15.6. The number of aromatic nitrogens is 3. The van der Waals surface area contributed by atoms with Crippen molar-refractivity contribution in [2.24, 2.45) is 5.73 Å². The Morgan fingerprint density at radius 1 is 1.12 bits per heavy atom. The SMILES string of the molecule is NC(=O)Cn1c(=O)n(Cc2ccc(F)cc2)c(=O)c2cccnc21. The highest BCUT2D eigenvalue weighted by molar-refractivity contribution is 5.78. The minimum absolute atomic E-state index is 0.0540. The van der Waals surface area contributed by atoms with Crippen molar-refractivity contribution in [2.45, 2.75) is 13.1 Å². The van der Waals surface area contributed by atoms with E-state index in [9.17, 15) is 18.8 Å². The molecule has 1 aromatic carbocycles. The lowest BCUT2D eigenvalue weighted by Crippen LogP contribution is -2.42. The predicted molar refractivity (Wildman–Crippen MR) is 85.0 cm³/mol. The summed E-state index contributed by atoms with van der Waals surface area (Å²) in [6.45, 7) is -0.447. The molecule has 3 aromatic rings. The monoisotopic (exact) mass is 328 g/mol.